The highest BCUT2D eigenvalue weighted by Gasteiger charge is 2.12. The molecule has 0 spiro atoms. The predicted octanol–water partition coefficient (Wildman–Crippen LogP) is 3.37. The Hall–Kier alpha value is -3.59. The number of benzene rings is 2. The van der Waals surface area contributed by atoms with Crippen molar-refractivity contribution >= 4 is 22.4 Å². The molecule has 0 atom stereocenters. The number of nitrogens with zero attached hydrogens (tertiary/aromatic N) is 3. The third-order valence-electron chi connectivity index (χ3n) is 5.06. The zero-order chi connectivity index (χ0) is 24.1. The summed E-state index contributed by atoms with van der Waals surface area (Å²) in [7, 11) is 0. The summed E-state index contributed by atoms with van der Waals surface area (Å²) in [6.07, 6.45) is 3.85. The normalized spacial score (nSPS) is 11.8. The van der Waals surface area contributed by atoms with Gasteiger partial charge in [0, 0.05) is 6.42 Å². The Bertz CT molecular complexity index is 1460. The van der Waals surface area contributed by atoms with Gasteiger partial charge in [0.2, 0.25) is 4.96 Å². The Morgan fingerprint density at radius 1 is 1.06 bits per heavy atom. The molecule has 0 amide bonds. The van der Waals surface area contributed by atoms with Crippen LogP contribution in [0.25, 0.3) is 11.0 Å². The van der Waals surface area contributed by atoms with Crippen LogP contribution < -0.4 is 25.1 Å². The third-order valence-corrected chi connectivity index (χ3v) is 6.02. The molecule has 0 N–H and O–H groups in total. The molecule has 0 radical (unpaired) electrons. The molecule has 7 nitrogen and oxygen atoms in total. The number of ether oxygens (including phenoxy) is 2. The number of thiazole rings is 1. The van der Waals surface area contributed by atoms with Gasteiger partial charge in [0.05, 0.1) is 17.7 Å². The number of aromatic nitrogens is 3. The molecule has 0 bridgehead atoms. The van der Waals surface area contributed by atoms with Crippen LogP contribution in [0.2, 0.25) is 0 Å². The number of fused-ring (bicyclic) bond motifs is 1. The summed E-state index contributed by atoms with van der Waals surface area (Å²) < 4.78 is 26.2. The van der Waals surface area contributed by atoms with E-state index in [1.165, 1.54) is 12.1 Å². The number of hydrogen-bond donors (Lipinski definition) is 0. The summed E-state index contributed by atoms with van der Waals surface area (Å²) in [5.74, 6) is 0.897. The van der Waals surface area contributed by atoms with Crippen molar-refractivity contribution in [2.45, 2.75) is 33.1 Å². The summed E-state index contributed by atoms with van der Waals surface area (Å²) in [4.78, 5) is 29.7. The lowest BCUT2D eigenvalue weighted by Crippen LogP contribution is -2.28. The van der Waals surface area contributed by atoms with E-state index in [0.29, 0.717) is 34.8 Å². The first-order valence-corrected chi connectivity index (χ1v) is 11.9. The second-order valence-electron chi connectivity index (χ2n) is 7.62. The van der Waals surface area contributed by atoms with Gasteiger partial charge in [-0.3, -0.25) is 9.59 Å². The van der Waals surface area contributed by atoms with Gasteiger partial charge in [-0.1, -0.05) is 42.9 Å². The molecule has 0 aliphatic rings. The van der Waals surface area contributed by atoms with Crippen molar-refractivity contribution in [3.05, 3.63) is 90.3 Å². The fourth-order valence-corrected chi connectivity index (χ4v) is 4.23. The average Bonchev–Trinajstić information content (AvgIpc) is 3.11. The van der Waals surface area contributed by atoms with E-state index in [-0.39, 0.29) is 28.5 Å². The number of unbranched alkanes of at least 4 members (excludes halogenated alkanes) is 1. The van der Waals surface area contributed by atoms with Gasteiger partial charge in [0.1, 0.15) is 11.5 Å². The fraction of sp³-hybridized carbons (Fsp3) is 0.280. The molecule has 2 aromatic carbocycles. The minimum atomic E-state index is -0.510. The standard InChI is InChI=1S/C25H24FN3O4S/c1-3-5-12-33-20-11-8-17(14-21(20)32-4-2)15-22-24(31)29-25(34-22)27-23(30)19(28-29)13-16-6-9-18(26)10-7-16/h6-11,14-15H,3-5,12-13H2,1-2H3. The molecule has 0 aliphatic carbocycles. The van der Waals surface area contributed by atoms with Gasteiger partial charge in [0.25, 0.3) is 11.1 Å². The van der Waals surface area contributed by atoms with E-state index in [2.05, 4.69) is 17.0 Å². The second-order valence-corrected chi connectivity index (χ2v) is 8.63. The first kappa shape index (κ1) is 23.6. The van der Waals surface area contributed by atoms with Crippen molar-refractivity contribution < 1.29 is 13.9 Å². The fourth-order valence-electron chi connectivity index (χ4n) is 3.33. The predicted molar refractivity (Wildman–Crippen MR) is 129 cm³/mol. The first-order valence-electron chi connectivity index (χ1n) is 11.1. The SMILES string of the molecule is CCCCOc1ccc(C=c2sc3nc(=O)c(Cc4ccc(F)cc4)nn3c2=O)cc1OCC. The Morgan fingerprint density at radius 2 is 1.85 bits per heavy atom. The second kappa shape index (κ2) is 10.6. The van der Waals surface area contributed by atoms with Gasteiger partial charge in [-0.2, -0.15) is 14.6 Å². The summed E-state index contributed by atoms with van der Waals surface area (Å²) in [5.41, 5.74) is 0.701. The molecule has 2 heterocycles. The summed E-state index contributed by atoms with van der Waals surface area (Å²) in [5, 5.41) is 4.24. The average molecular weight is 482 g/mol. The van der Waals surface area contributed by atoms with Crippen molar-refractivity contribution in [1.82, 2.24) is 14.6 Å². The van der Waals surface area contributed by atoms with E-state index in [1.807, 2.05) is 25.1 Å². The van der Waals surface area contributed by atoms with Crippen LogP contribution in [-0.4, -0.2) is 27.8 Å². The Labute approximate surface area is 199 Å². The maximum absolute atomic E-state index is 13.2. The van der Waals surface area contributed by atoms with Gasteiger partial charge in [-0.05, 0) is 54.8 Å². The number of rotatable bonds is 9. The van der Waals surface area contributed by atoms with Crippen molar-refractivity contribution in [2.24, 2.45) is 0 Å². The maximum Gasteiger partial charge on any atom is 0.296 e. The van der Waals surface area contributed by atoms with Crippen LogP contribution in [0.1, 0.15) is 43.5 Å². The van der Waals surface area contributed by atoms with Crippen LogP contribution >= 0.6 is 11.3 Å². The number of halogens is 1. The van der Waals surface area contributed by atoms with E-state index >= 15 is 0 Å². The van der Waals surface area contributed by atoms with Crippen LogP contribution in [0.3, 0.4) is 0 Å². The van der Waals surface area contributed by atoms with Crippen LogP contribution in [-0.2, 0) is 6.42 Å². The van der Waals surface area contributed by atoms with Crippen LogP contribution in [0.5, 0.6) is 11.5 Å². The van der Waals surface area contributed by atoms with Crippen molar-refractivity contribution in [2.75, 3.05) is 13.2 Å². The van der Waals surface area contributed by atoms with E-state index in [0.717, 1.165) is 34.3 Å². The molecule has 2 aromatic heterocycles. The van der Waals surface area contributed by atoms with Crippen molar-refractivity contribution in [3.63, 3.8) is 0 Å². The van der Waals surface area contributed by atoms with Gasteiger partial charge < -0.3 is 9.47 Å². The van der Waals surface area contributed by atoms with E-state index in [9.17, 15) is 14.0 Å². The highest BCUT2D eigenvalue weighted by molar-refractivity contribution is 7.15. The summed E-state index contributed by atoms with van der Waals surface area (Å²) >= 11 is 1.09. The minimum Gasteiger partial charge on any atom is -0.490 e. The summed E-state index contributed by atoms with van der Waals surface area (Å²) in [6, 6.07) is 11.3. The lowest BCUT2D eigenvalue weighted by atomic mass is 10.1. The van der Waals surface area contributed by atoms with Crippen LogP contribution in [0.4, 0.5) is 4.39 Å². The molecular formula is C25H24FN3O4S. The van der Waals surface area contributed by atoms with Gasteiger partial charge in [-0.15, -0.1) is 0 Å². The van der Waals surface area contributed by atoms with Crippen molar-refractivity contribution in [1.29, 1.82) is 0 Å². The van der Waals surface area contributed by atoms with E-state index in [1.54, 1.807) is 18.2 Å². The molecule has 0 saturated heterocycles. The molecular weight excluding hydrogens is 457 g/mol. The quantitative estimate of drug-likeness (QED) is 0.341. The molecule has 0 saturated carbocycles. The minimum absolute atomic E-state index is 0.123. The highest BCUT2D eigenvalue weighted by atomic mass is 32.1. The molecule has 9 heteroatoms. The van der Waals surface area contributed by atoms with E-state index < -0.39 is 5.56 Å². The van der Waals surface area contributed by atoms with Gasteiger partial charge >= 0.3 is 0 Å². The first-order chi connectivity index (χ1) is 16.5. The largest absolute Gasteiger partial charge is 0.490 e. The van der Waals surface area contributed by atoms with Crippen molar-refractivity contribution in [3.8, 4) is 11.5 Å². The molecule has 34 heavy (non-hydrogen) atoms. The van der Waals surface area contributed by atoms with Gasteiger partial charge in [0.15, 0.2) is 11.5 Å². The molecule has 176 valence electrons. The van der Waals surface area contributed by atoms with Gasteiger partial charge in [-0.25, -0.2) is 4.39 Å². The summed E-state index contributed by atoms with van der Waals surface area (Å²) in [6.45, 7) is 5.08. The highest BCUT2D eigenvalue weighted by Crippen LogP contribution is 2.29. The zero-order valence-corrected chi connectivity index (χ0v) is 19.7. The lowest BCUT2D eigenvalue weighted by Gasteiger charge is -2.12. The Morgan fingerprint density at radius 3 is 2.59 bits per heavy atom. The maximum atomic E-state index is 13.2. The molecule has 4 rings (SSSR count). The molecule has 4 aromatic rings. The Balaban J connectivity index is 1.69. The van der Waals surface area contributed by atoms with E-state index in [4.69, 9.17) is 9.47 Å². The van der Waals surface area contributed by atoms with Crippen LogP contribution in [0, 0.1) is 5.82 Å². The topological polar surface area (TPSA) is 82.8 Å². The molecule has 0 fully saturated rings. The molecule has 0 unspecified atom stereocenters. The molecule has 0 aliphatic heterocycles. The number of hydrogen-bond acceptors (Lipinski definition) is 7. The Kier molecular flexibility index (Phi) is 7.32. The smallest absolute Gasteiger partial charge is 0.296 e. The zero-order valence-electron chi connectivity index (χ0n) is 18.9. The monoisotopic (exact) mass is 481 g/mol. The third kappa shape index (κ3) is 5.31. The van der Waals surface area contributed by atoms with Crippen LogP contribution in [0.15, 0.2) is 52.1 Å². The lowest BCUT2D eigenvalue weighted by molar-refractivity contribution is 0.272.